The fourth-order valence-corrected chi connectivity index (χ4v) is 1.99. The van der Waals surface area contributed by atoms with Gasteiger partial charge in [0.1, 0.15) is 11.6 Å². The van der Waals surface area contributed by atoms with Gasteiger partial charge in [0.25, 0.3) is 0 Å². The maximum atomic E-state index is 13.3. The van der Waals surface area contributed by atoms with E-state index in [4.69, 9.17) is 4.74 Å². The molecule has 2 aromatic carbocycles. The number of anilines is 1. The average Bonchev–Trinajstić information content (AvgIpc) is 2.48. The largest absolute Gasteiger partial charge is 0.494 e. The number of halogens is 2. The Morgan fingerprint density at radius 3 is 2.57 bits per heavy atom. The molecule has 0 heterocycles. The lowest BCUT2D eigenvalue weighted by atomic mass is 10.2. The highest BCUT2D eigenvalue weighted by molar-refractivity contribution is 9.10. The van der Waals surface area contributed by atoms with Crippen molar-refractivity contribution < 1.29 is 13.9 Å². The molecule has 0 radical (unpaired) electrons. The van der Waals surface area contributed by atoms with Crippen molar-refractivity contribution in [3.63, 3.8) is 0 Å². The number of hydrogen-bond acceptors (Lipinski definition) is 2. The van der Waals surface area contributed by atoms with Crippen molar-refractivity contribution in [1.82, 2.24) is 0 Å². The van der Waals surface area contributed by atoms with Gasteiger partial charge in [0.2, 0.25) is 5.91 Å². The molecule has 21 heavy (non-hydrogen) atoms. The molecule has 110 valence electrons. The van der Waals surface area contributed by atoms with E-state index >= 15 is 0 Å². The third-order valence-electron chi connectivity index (χ3n) is 2.78. The standard InChI is InChI=1S/C16H15BrFNO2/c17-12-7-9-13(10-8-12)21-11-3-6-16(20)19-15-5-2-1-4-14(15)18/h1-2,4-5,7-10H,3,6,11H2,(H,19,20). The normalized spacial score (nSPS) is 10.2. The lowest BCUT2D eigenvalue weighted by molar-refractivity contribution is -0.116. The van der Waals surface area contributed by atoms with Crippen LogP contribution in [0, 0.1) is 5.82 Å². The molecule has 0 aromatic heterocycles. The van der Waals surface area contributed by atoms with Gasteiger partial charge in [-0.25, -0.2) is 4.39 Å². The maximum absolute atomic E-state index is 13.3. The van der Waals surface area contributed by atoms with Crippen molar-refractivity contribution in [3.8, 4) is 5.75 Å². The molecule has 2 aromatic rings. The van der Waals surface area contributed by atoms with Gasteiger partial charge in [-0.1, -0.05) is 28.1 Å². The number of para-hydroxylation sites is 1. The minimum absolute atomic E-state index is 0.205. The lowest BCUT2D eigenvalue weighted by Crippen LogP contribution is -2.13. The Kier molecular flexibility index (Phi) is 5.75. The number of carbonyl (C=O) groups excluding carboxylic acids is 1. The predicted molar refractivity (Wildman–Crippen MR) is 83.9 cm³/mol. The van der Waals surface area contributed by atoms with Gasteiger partial charge >= 0.3 is 0 Å². The number of benzene rings is 2. The maximum Gasteiger partial charge on any atom is 0.224 e. The van der Waals surface area contributed by atoms with E-state index in [9.17, 15) is 9.18 Å². The summed E-state index contributed by atoms with van der Waals surface area (Å²) >= 11 is 3.34. The molecule has 0 fully saturated rings. The Balaban J connectivity index is 1.70. The Labute approximate surface area is 131 Å². The molecule has 0 aliphatic heterocycles. The molecule has 0 saturated heterocycles. The molecule has 2 rings (SSSR count). The summed E-state index contributed by atoms with van der Waals surface area (Å²) in [5, 5.41) is 2.54. The van der Waals surface area contributed by atoms with E-state index in [0.717, 1.165) is 10.2 Å². The smallest absolute Gasteiger partial charge is 0.224 e. The summed E-state index contributed by atoms with van der Waals surface area (Å²) in [6, 6.07) is 13.6. The van der Waals surface area contributed by atoms with Crippen LogP contribution in [0.15, 0.2) is 53.0 Å². The van der Waals surface area contributed by atoms with Gasteiger partial charge < -0.3 is 10.1 Å². The predicted octanol–water partition coefficient (Wildman–Crippen LogP) is 4.39. The van der Waals surface area contributed by atoms with Crippen LogP contribution in [0.4, 0.5) is 10.1 Å². The number of hydrogen-bond donors (Lipinski definition) is 1. The van der Waals surface area contributed by atoms with Crippen molar-refractivity contribution in [2.24, 2.45) is 0 Å². The molecule has 0 unspecified atom stereocenters. The molecule has 0 bridgehead atoms. The van der Waals surface area contributed by atoms with E-state index in [2.05, 4.69) is 21.2 Å². The van der Waals surface area contributed by atoms with Crippen LogP contribution < -0.4 is 10.1 Å². The summed E-state index contributed by atoms with van der Waals surface area (Å²) in [4.78, 5) is 11.7. The zero-order valence-corrected chi connectivity index (χ0v) is 12.9. The summed E-state index contributed by atoms with van der Waals surface area (Å²) in [5.74, 6) is 0.101. The van der Waals surface area contributed by atoms with Crippen LogP contribution in [-0.4, -0.2) is 12.5 Å². The average molecular weight is 352 g/mol. The first-order chi connectivity index (χ1) is 10.1. The molecule has 0 atom stereocenters. The van der Waals surface area contributed by atoms with E-state index in [1.807, 2.05) is 24.3 Å². The van der Waals surface area contributed by atoms with Gasteiger partial charge in [0.05, 0.1) is 12.3 Å². The van der Waals surface area contributed by atoms with Crippen LogP contribution in [-0.2, 0) is 4.79 Å². The van der Waals surface area contributed by atoms with Crippen molar-refractivity contribution in [2.75, 3.05) is 11.9 Å². The molecule has 0 saturated carbocycles. The summed E-state index contributed by atoms with van der Waals surface area (Å²) < 4.78 is 19.8. The topological polar surface area (TPSA) is 38.3 Å². The number of rotatable bonds is 6. The minimum Gasteiger partial charge on any atom is -0.494 e. The van der Waals surface area contributed by atoms with Gasteiger partial charge in [-0.05, 0) is 42.8 Å². The minimum atomic E-state index is -0.433. The molecule has 1 amide bonds. The first kappa shape index (κ1) is 15.5. The van der Waals surface area contributed by atoms with Crippen molar-refractivity contribution in [1.29, 1.82) is 0 Å². The number of carbonyl (C=O) groups is 1. The van der Waals surface area contributed by atoms with Gasteiger partial charge in [-0.2, -0.15) is 0 Å². The Morgan fingerprint density at radius 2 is 1.86 bits per heavy atom. The molecule has 0 aliphatic rings. The van der Waals surface area contributed by atoms with Gasteiger partial charge in [-0.15, -0.1) is 0 Å². The zero-order chi connectivity index (χ0) is 15.1. The third-order valence-corrected chi connectivity index (χ3v) is 3.31. The molecule has 5 heteroatoms. The lowest BCUT2D eigenvalue weighted by Gasteiger charge is -2.07. The van der Waals surface area contributed by atoms with Crippen LogP contribution >= 0.6 is 15.9 Å². The summed E-state index contributed by atoms with van der Waals surface area (Å²) in [6.07, 6.45) is 0.848. The second-order valence-electron chi connectivity index (χ2n) is 4.43. The number of nitrogens with one attached hydrogen (secondary N) is 1. The fraction of sp³-hybridized carbons (Fsp3) is 0.188. The van der Waals surface area contributed by atoms with Crippen molar-refractivity contribution in [3.05, 3.63) is 58.8 Å². The first-order valence-corrected chi connectivity index (χ1v) is 7.37. The molecule has 0 aliphatic carbocycles. The summed E-state index contributed by atoms with van der Waals surface area (Å²) in [5.41, 5.74) is 0.205. The zero-order valence-electron chi connectivity index (χ0n) is 11.3. The van der Waals surface area contributed by atoms with Crippen LogP contribution in [0.5, 0.6) is 5.75 Å². The molecule has 0 spiro atoms. The van der Waals surface area contributed by atoms with Crippen LogP contribution in [0.3, 0.4) is 0 Å². The van der Waals surface area contributed by atoms with Crippen LogP contribution in [0.25, 0.3) is 0 Å². The SMILES string of the molecule is O=C(CCCOc1ccc(Br)cc1)Nc1ccccc1F. The van der Waals surface area contributed by atoms with E-state index in [1.165, 1.54) is 12.1 Å². The monoisotopic (exact) mass is 351 g/mol. The summed E-state index contributed by atoms with van der Waals surface area (Å²) in [6.45, 7) is 0.437. The first-order valence-electron chi connectivity index (χ1n) is 6.58. The number of ether oxygens (including phenoxy) is 1. The van der Waals surface area contributed by atoms with E-state index < -0.39 is 5.82 Å². The second-order valence-corrected chi connectivity index (χ2v) is 5.35. The van der Waals surface area contributed by atoms with Crippen LogP contribution in [0.1, 0.15) is 12.8 Å². The molecular formula is C16H15BrFNO2. The van der Waals surface area contributed by atoms with Gasteiger partial charge in [0.15, 0.2) is 0 Å². The second kappa shape index (κ2) is 7.78. The van der Waals surface area contributed by atoms with E-state index in [1.54, 1.807) is 12.1 Å². The van der Waals surface area contributed by atoms with Crippen molar-refractivity contribution >= 4 is 27.5 Å². The van der Waals surface area contributed by atoms with E-state index in [-0.39, 0.29) is 18.0 Å². The summed E-state index contributed by atoms with van der Waals surface area (Å²) in [7, 11) is 0. The van der Waals surface area contributed by atoms with Crippen LogP contribution in [0.2, 0.25) is 0 Å². The molecule has 3 nitrogen and oxygen atoms in total. The fourth-order valence-electron chi connectivity index (χ4n) is 1.73. The Hall–Kier alpha value is -1.88. The van der Waals surface area contributed by atoms with Crippen molar-refractivity contribution in [2.45, 2.75) is 12.8 Å². The van der Waals surface area contributed by atoms with Gasteiger partial charge in [0, 0.05) is 10.9 Å². The Morgan fingerprint density at radius 1 is 1.14 bits per heavy atom. The highest BCUT2D eigenvalue weighted by atomic mass is 79.9. The Bertz CT molecular complexity index is 601. The third kappa shape index (κ3) is 5.19. The van der Waals surface area contributed by atoms with E-state index in [0.29, 0.717) is 13.0 Å². The number of amides is 1. The molecular weight excluding hydrogens is 337 g/mol. The molecule has 1 N–H and O–H groups in total. The highest BCUT2D eigenvalue weighted by Gasteiger charge is 2.06. The quantitative estimate of drug-likeness (QED) is 0.784. The van der Waals surface area contributed by atoms with Gasteiger partial charge in [-0.3, -0.25) is 4.79 Å². The highest BCUT2D eigenvalue weighted by Crippen LogP contribution is 2.16.